The summed E-state index contributed by atoms with van der Waals surface area (Å²) in [6.07, 6.45) is 5.27. The van der Waals surface area contributed by atoms with Crippen LogP contribution in [0.5, 0.6) is 0 Å². The van der Waals surface area contributed by atoms with Crippen molar-refractivity contribution in [3.8, 4) is 0 Å². The summed E-state index contributed by atoms with van der Waals surface area (Å²) in [5, 5.41) is 11.8. The summed E-state index contributed by atoms with van der Waals surface area (Å²) in [6, 6.07) is 1.09. The highest BCUT2D eigenvalue weighted by molar-refractivity contribution is 7.98. The van der Waals surface area contributed by atoms with E-state index in [2.05, 4.69) is 19.2 Å². The average molecular weight is 329 g/mol. The Balaban J connectivity index is 2.79. The second-order valence-electron chi connectivity index (χ2n) is 4.81. The van der Waals surface area contributed by atoms with Gasteiger partial charge < -0.3 is 10.4 Å². The van der Waals surface area contributed by atoms with Crippen molar-refractivity contribution in [3.63, 3.8) is 0 Å². The fourth-order valence-electron chi connectivity index (χ4n) is 2.04. The van der Waals surface area contributed by atoms with Crippen LogP contribution in [0.25, 0.3) is 0 Å². The van der Waals surface area contributed by atoms with Gasteiger partial charge in [0, 0.05) is 4.88 Å². The molecule has 0 aliphatic carbocycles. The van der Waals surface area contributed by atoms with Crippen molar-refractivity contribution in [2.45, 2.75) is 45.6 Å². The molecule has 0 bridgehead atoms. The zero-order chi connectivity index (χ0) is 15.8. The van der Waals surface area contributed by atoms with E-state index in [1.54, 1.807) is 11.8 Å². The van der Waals surface area contributed by atoms with Gasteiger partial charge in [0.05, 0.1) is 4.88 Å². The van der Waals surface area contributed by atoms with E-state index in [1.165, 1.54) is 21.8 Å². The van der Waals surface area contributed by atoms with E-state index >= 15 is 0 Å². The van der Waals surface area contributed by atoms with Gasteiger partial charge in [0.25, 0.3) is 5.91 Å². The molecule has 0 aliphatic heterocycles. The molecule has 1 heterocycles. The molecule has 0 spiro atoms. The number of hydrogen-bond acceptors (Lipinski definition) is 4. The average Bonchev–Trinajstić information content (AvgIpc) is 2.86. The fraction of sp³-hybridized carbons (Fsp3) is 0.600. The van der Waals surface area contributed by atoms with E-state index in [1.807, 2.05) is 12.3 Å². The Morgan fingerprint density at radius 1 is 1.43 bits per heavy atom. The van der Waals surface area contributed by atoms with Gasteiger partial charge in [-0.3, -0.25) is 4.79 Å². The van der Waals surface area contributed by atoms with Gasteiger partial charge in [0.1, 0.15) is 6.04 Å². The standard InChI is InChI=1S/C15H23NO3S2/c1-4-6-12-10(5-2)9-13(21-12)14(17)16-11(15(18)19)7-8-20-3/h9,11H,4-8H2,1-3H3,(H,16,17)(H,18,19)/t11-/m1/s1. The summed E-state index contributed by atoms with van der Waals surface area (Å²) < 4.78 is 0. The smallest absolute Gasteiger partial charge is 0.326 e. The predicted octanol–water partition coefficient (Wildman–Crippen LogP) is 3.20. The highest BCUT2D eigenvalue weighted by Crippen LogP contribution is 2.24. The van der Waals surface area contributed by atoms with Crippen LogP contribution in [-0.2, 0) is 17.6 Å². The lowest BCUT2D eigenvalue weighted by Gasteiger charge is -2.13. The van der Waals surface area contributed by atoms with Gasteiger partial charge in [-0.2, -0.15) is 11.8 Å². The van der Waals surface area contributed by atoms with E-state index < -0.39 is 12.0 Å². The van der Waals surface area contributed by atoms with Crippen molar-refractivity contribution < 1.29 is 14.7 Å². The lowest BCUT2D eigenvalue weighted by molar-refractivity contribution is -0.139. The van der Waals surface area contributed by atoms with Crippen LogP contribution in [0.15, 0.2) is 6.07 Å². The third-order valence-electron chi connectivity index (χ3n) is 3.19. The first kappa shape index (κ1) is 18.0. The quantitative estimate of drug-likeness (QED) is 0.730. The number of nitrogens with one attached hydrogen (secondary N) is 1. The Hall–Kier alpha value is -1.01. The SMILES string of the molecule is CCCc1sc(C(=O)N[C@H](CCSC)C(=O)O)cc1CC. The van der Waals surface area contributed by atoms with Crippen LogP contribution in [0, 0.1) is 0 Å². The van der Waals surface area contributed by atoms with E-state index in [-0.39, 0.29) is 5.91 Å². The normalized spacial score (nSPS) is 12.1. The minimum Gasteiger partial charge on any atom is -0.480 e. The number of carbonyl (C=O) groups is 2. The maximum absolute atomic E-state index is 12.2. The second kappa shape index (κ2) is 9.10. The Morgan fingerprint density at radius 2 is 2.14 bits per heavy atom. The third-order valence-corrected chi connectivity index (χ3v) is 5.07. The van der Waals surface area contributed by atoms with Gasteiger partial charge in [0.2, 0.25) is 0 Å². The van der Waals surface area contributed by atoms with Crippen LogP contribution in [-0.4, -0.2) is 35.0 Å². The number of hydrogen-bond donors (Lipinski definition) is 2. The van der Waals surface area contributed by atoms with Crippen molar-refractivity contribution in [1.29, 1.82) is 0 Å². The number of rotatable bonds is 9. The maximum Gasteiger partial charge on any atom is 0.326 e. The van der Waals surface area contributed by atoms with Gasteiger partial charge >= 0.3 is 5.97 Å². The Kier molecular flexibility index (Phi) is 7.82. The van der Waals surface area contributed by atoms with Gasteiger partial charge in [0.15, 0.2) is 0 Å². The van der Waals surface area contributed by atoms with Crippen LogP contribution < -0.4 is 5.32 Å². The highest BCUT2D eigenvalue weighted by Gasteiger charge is 2.21. The molecule has 1 amide bonds. The zero-order valence-electron chi connectivity index (χ0n) is 12.8. The van der Waals surface area contributed by atoms with E-state index in [4.69, 9.17) is 5.11 Å². The largest absolute Gasteiger partial charge is 0.480 e. The number of thioether (sulfide) groups is 1. The molecule has 118 valence electrons. The first-order chi connectivity index (χ1) is 10.0. The first-order valence-electron chi connectivity index (χ1n) is 7.17. The molecule has 0 fully saturated rings. The molecule has 0 aliphatic rings. The molecule has 21 heavy (non-hydrogen) atoms. The summed E-state index contributed by atoms with van der Waals surface area (Å²) in [5.74, 6) is -0.535. The Morgan fingerprint density at radius 3 is 2.67 bits per heavy atom. The summed E-state index contributed by atoms with van der Waals surface area (Å²) in [6.45, 7) is 4.18. The summed E-state index contributed by atoms with van der Waals surface area (Å²) >= 11 is 3.06. The summed E-state index contributed by atoms with van der Waals surface area (Å²) in [4.78, 5) is 25.3. The van der Waals surface area contributed by atoms with Crippen LogP contribution in [0.4, 0.5) is 0 Å². The maximum atomic E-state index is 12.2. The molecule has 6 heteroatoms. The molecule has 1 rings (SSSR count). The number of carboxylic acids is 1. The molecule has 0 aromatic carbocycles. The van der Waals surface area contributed by atoms with Crippen molar-refractivity contribution in [2.24, 2.45) is 0 Å². The number of carboxylic acid groups (broad SMARTS) is 1. The number of amides is 1. The Labute approximate surface area is 134 Å². The molecule has 1 atom stereocenters. The number of thiophene rings is 1. The van der Waals surface area contributed by atoms with Crippen LogP contribution in [0.2, 0.25) is 0 Å². The van der Waals surface area contributed by atoms with Gasteiger partial charge in [-0.25, -0.2) is 4.79 Å². The Bertz CT molecular complexity index is 485. The fourth-order valence-corrected chi connectivity index (χ4v) is 3.77. The number of aryl methyl sites for hydroxylation is 2. The van der Waals surface area contributed by atoms with E-state index in [0.29, 0.717) is 17.1 Å². The van der Waals surface area contributed by atoms with Crippen LogP contribution in [0.1, 0.15) is 46.8 Å². The van der Waals surface area contributed by atoms with Crippen molar-refractivity contribution in [2.75, 3.05) is 12.0 Å². The van der Waals surface area contributed by atoms with E-state index in [9.17, 15) is 9.59 Å². The van der Waals surface area contributed by atoms with Crippen LogP contribution in [0.3, 0.4) is 0 Å². The van der Waals surface area contributed by atoms with Gasteiger partial charge in [-0.15, -0.1) is 11.3 Å². The first-order valence-corrected chi connectivity index (χ1v) is 9.38. The lowest BCUT2D eigenvalue weighted by Crippen LogP contribution is -2.40. The molecular weight excluding hydrogens is 306 g/mol. The zero-order valence-corrected chi connectivity index (χ0v) is 14.4. The van der Waals surface area contributed by atoms with Crippen molar-refractivity contribution in [1.82, 2.24) is 5.32 Å². The minimum absolute atomic E-state index is 0.273. The molecule has 1 aromatic rings. The summed E-state index contributed by atoms with van der Waals surface area (Å²) in [7, 11) is 0. The lowest BCUT2D eigenvalue weighted by atomic mass is 10.1. The molecule has 0 radical (unpaired) electrons. The molecule has 4 nitrogen and oxygen atoms in total. The third kappa shape index (κ3) is 5.36. The monoisotopic (exact) mass is 329 g/mol. The summed E-state index contributed by atoms with van der Waals surface area (Å²) in [5.41, 5.74) is 1.20. The topological polar surface area (TPSA) is 66.4 Å². The molecule has 0 unspecified atom stereocenters. The van der Waals surface area contributed by atoms with Crippen molar-refractivity contribution in [3.05, 3.63) is 21.4 Å². The minimum atomic E-state index is -0.974. The molecular formula is C15H23NO3S2. The predicted molar refractivity (Wildman–Crippen MR) is 89.6 cm³/mol. The van der Waals surface area contributed by atoms with Crippen LogP contribution >= 0.6 is 23.1 Å². The molecule has 2 N–H and O–H groups in total. The number of aliphatic carboxylic acids is 1. The second-order valence-corrected chi connectivity index (χ2v) is 6.93. The van der Waals surface area contributed by atoms with Gasteiger partial charge in [-0.05, 0) is 42.9 Å². The molecule has 1 aromatic heterocycles. The highest BCUT2D eigenvalue weighted by atomic mass is 32.2. The molecule has 0 saturated carbocycles. The van der Waals surface area contributed by atoms with E-state index in [0.717, 1.165) is 19.3 Å². The van der Waals surface area contributed by atoms with Gasteiger partial charge in [-0.1, -0.05) is 20.3 Å². The molecule has 0 saturated heterocycles. The van der Waals surface area contributed by atoms with Crippen molar-refractivity contribution >= 4 is 35.0 Å². The number of carbonyl (C=O) groups excluding carboxylic acids is 1.